The van der Waals surface area contributed by atoms with Crippen LogP contribution in [0.4, 0.5) is 0 Å². The average Bonchev–Trinajstić information content (AvgIpc) is 2.87. The molecular weight excluding hydrogens is 376 g/mol. The van der Waals surface area contributed by atoms with Gasteiger partial charge in [-0.15, -0.1) is 0 Å². The van der Waals surface area contributed by atoms with Gasteiger partial charge in [0.1, 0.15) is 0 Å². The van der Waals surface area contributed by atoms with Crippen LogP contribution in [0.2, 0.25) is 0 Å². The van der Waals surface area contributed by atoms with Crippen molar-refractivity contribution in [2.45, 2.75) is 88.5 Å². The van der Waals surface area contributed by atoms with Crippen LogP contribution in [0.3, 0.4) is 0 Å². The topological polar surface area (TPSA) is 63.6 Å². The Labute approximate surface area is 184 Å². The van der Waals surface area contributed by atoms with Crippen molar-refractivity contribution in [3.05, 3.63) is 0 Å². The monoisotopic (exact) mass is 422 g/mol. The number of ether oxygens (including phenoxy) is 1. The predicted molar refractivity (Wildman–Crippen MR) is 121 cm³/mol. The summed E-state index contributed by atoms with van der Waals surface area (Å²) in [4.78, 5) is 25.1. The highest BCUT2D eigenvalue weighted by molar-refractivity contribution is 5.81. The Morgan fingerprint density at radius 2 is 1.53 bits per heavy atom. The van der Waals surface area contributed by atoms with Gasteiger partial charge < -0.3 is 9.84 Å². The summed E-state index contributed by atoms with van der Waals surface area (Å²) in [6, 6.07) is 0. The highest BCUT2D eigenvalue weighted by Gasteiger charge is 2.71. The van der Waals surface area contributed by atoms with Crippen molar-refractivity contribution in [1.29, 1.82) is 0 Å². The van der Waals surface area contributed by atoms with Crippen molar-refractivity contribution >= 4 is 11.9 Å². The van der Waals surface area contributed by atoms with Crippen LogP contribution < -0.4 is 0 Å². The van der Waals surface area contributed by atoms with E-state index in [0.717, 1.165) is 5.92 Å². The van der Waals surface area contributed by atoms with Gasteiger partial charge in [0.15, 0.2) is 0 Å². The summed E-state index contributed by atoms with van der Waals surface area (Å²) in [6.45, 7) is 22.1. The second-order valence-corrected chi connectivity index (χ2v) is 13.1. The predicted octanol–water partition coefficient (Wildman–Crippen LogP) is 6.28. The molecule has 4 heteroatoms. The first-order valence-corrected chi connectivity index (χ1v) is 11.7. The van der Waals surface area contributed by atoms with Gasteiger partial charge in [0.25, 0.3) is 0 Å². The molecule has 0 heterocycles. The summed E-state index contributed by atoms with van der Waals surface area (Å²) in [5.41, 5.74) is -1.00. The third kappa shape index (κ3) is 4.05. The molecule has 0 radical (unpaired) electrons. The Bertz CT molecular complexity index is 667. The van der Waals surface area contributed by atoms with E-state index in [9.17, 15) is 14.7 Å². The van der Waals surface area contributed by atoms with Crippen molar-refractivity contribution in [3.63, 3.8) is 0 Å². The zero-order valence-corrected chi connectivity index (χ0v) is 21.3. The van der Waals surface area contributed by atoms with Crippen molar-refractivity contribution in [2.75, 3.05) is 7.11 Å². The number of esters is 1. The van der Waals surface area contributed by atoms with Crippen molar-refractivity contribution in [2.24, 2.45) is 57.2 Å². The quantitative estimate of drug-likeness (QED) is 0.490. The third-order valence-corrected chi connectivity index (χ3v) is 9.35. The van der Waals surface area contributed by atoms with E-state index in [-0.39, 0.29) is 34.1 Å². The molecule has 2 aliphatic carbocycles. The summed E-state index contributed by atoms with van der Waals surface area (Å²) in [5.74, 6) is -0.488. The van der Waals surface area contributed by atoms with E-state index in [1.165, 1.54) is 26.4 Å². The number of methoxy groups -OCH3 is 1. The maximum Gasteiger partial charge on any atom is 0.309 e. The standard InChI is InChI=1S/C26H46O4/c1-15-12-13-16(14-15)20(23(2,3)4)26(9,10)25(7,8)18(21(27)28)17-19(22(29)30-11)24(17,5)6/h15-20H,12-14H2,1-11H3,(H,27,28). The van der Waals surface area contributed by atoms with E-state index < -0.39 is 17.3 Å². The second kappa shape index (κ2) is 7.81. The number of aliphatic carboxylic acids is 1. The molecule has 0 aromatic rings. The molecule has 0 aromatic carbocycles. The molecule has 0 spiro atoms. The smallest absolute Gasteiger partial charge is 0.309 e. The first-order chi connectivity index (χ1) is 13.4. The van der Waals surface area contributed by atoms with Crippen LogP contribution >= 0.6 is 0 Å². The fraction of sp³-hybridized carbons (Fsp3) is 0.923. The summed E-state index contributed by atoms with van der Waals surface area (Å²) in [7, 11) is 1.40. The Morgan fingerprint density at radius 1 is 1.00 bits per heavy atom. The fourth-order valence-electron chi connectivity index (χ4n) is 7.52. The molecule has 2 saturated carbocycles. The number of carboxylic acids is 1. The van der Waals surface area contributed by atoms with E-state index in [2.05, 4.69) is 55.4 Å². The summed E-state index contributed by atoms with van der Waals surface area (Å²) in [6.07, 6.45) is 3.70. The second-order valence-electron chi connectivity index (χ2n) is 13.1. The highest BCUT2D eigenvalue weighted by atomic mass is 16.5. The molecule has 2 rings (SSSR count). The zero-order valence-electron chi connectivity index (χ0n) is 21.3. The van der Waals surface area contributed by atoms with Crippen LogP contribution in [-0.4, -0.2) is 24.2 Å². The molecular formula is C26H46O4. The molecule has 0 aromatic heterocycles. The SMILES string of the molecule is COC(=O)C1C(C(C(=O)O)C(C)(C)C(C)(C)C(C2CCC(C)C2)C(C)(C)C)C1(C)C. The number of carbonyl (C=O) groups excluding carboxylic acids is 1. The molecule has 30 heavy (non-hydrogen) atoms. The molecule has 2 aliphatic rings. The van der Waals surface area contributed by atoms with Gasteiger partial charge in [-0.3, -0.25) is 9.59 Å². The lowest BCUT2D eigenvalue weighted by molar-refractivity contribution is -0.159. The number of carbonyl (C=O) groups is 2. The molecule has 0 aliphatic heterocycles. The van der Waals surface area contributed by atoms with Crippen molar-refractivity contribution in [3.8, 4) is 0 Å². The number of carboxylic acid groups (broad SMARTS) is 1. The van der Waals surface area contributed by atoms with E-state index in [4.69, 9.17) is 4.74 Å². The summed E-state index contributed by atoms with van der Waals surface area (Å²) < 4.78 is 5.03. The van der Waals surface area contributed by atoms with Crippen LogP contribution in [0.5, 0.6) is 0 Å². The van der Waals surface area contributed by atoms with Gasteiger partial charge in [0, 0.05) is 0 Å². The minimum Gasteiger partial charge on any atom is -0.481 e. The molecule has 174 valence electrons. The molecule has 0 saturated heterocycles. The minimum atomic E-state index is -0.787. The lowest BCUT2D eigenvalue weighted by Gasteiger charge is -2.56. The first-order valence-electron chi connectivity index (χ1n) is 11.7. The van der Waals surface area contributed by atoms with Crippen LogP contribution in [0.1, 0.15) is 88.5 Å². The van der Waals surface area contributed by atoms with Gasteiger partial charge in [-0.05, 0) is 58.2 Å². The average molecular weight is 423 g/mol. The van der Waals surface area contributed by atoms with Gasteiger partial charge >= 0.3 is 11.9 Å². The Kier molecular flexibility index (Phi) is 6.56. The zero-order chi connectivity index (χ0) is 23.4. The maximum atomic E-state index is 12.7. The highest BCUT2D eigenvalue weighted by Crippen LogP contribution is 2.69. The Hall–Kier alpha value is -1.06. The van der Waals surface area contributed by atoms with Gasteiger partial charge in [-0.25, -0.2) is 0 Å². The lowest BCUT2D eigenvalue weighted by atomic mass is 9.48. The maximum absolute atomic E-state index is 12.7. The third-order valence-electron chi connectivity index (χ3n) is 9.35. The van der Waals surface area contributed by atoms with E-state index >= 15 is 0 Å². The van der Waals surface area contributed by atoms with Crippen molar-refractivity contribution < 1.29 is 19.4 Å². The molecule has 0 bridgehead atoms. The summed E-state index contributed by atoms with van der Waals surface area (Å²) >= 11 is 0. The Morgan fingerprint density at radius 3 is 1.90 bits per heavy atom. The normalized spacial score (nSPS) is 31.2. The number of hydrogen-bond acceptors (Lipinski definition) is 3. The van der Waals surface area contributed by atoms with Crippen LogP contribution in [0.25, 0.3) is 0 Å². The molecule has 0 amide bonds. The fourth-order valence-corrected chi connectivity index (χ4v) is 7.52. The first kappa shape index (κ1) is 25.2. The Balaban J connectivity index is 2.50. The molecule has 1 N–H and O–H groups in total. The largest absolute Gasteiger partial charge is 0.481 e. The molecule has 2 fully saturated rings. The van der Waals surface area contributed by atoms with Crippen LogP contribution in [0.15, 0.2) is 0 Å². The van der Waals surface area contributed by atoms with E-state index in [1.54, 1.807) is 0 Å². The number of rotatable bonds is 7. The molecule has 6 unspecified atom stereocenters. The van der Waals surface area contributed by atoms with Gasteiger partial charge in [0.05, 0.1) is 18.9 Å². The van der Waals surface area contributed by atoms with Crippen LogP contribution in [0, 0.1) is 57.2 Å². The van der Waals surface area contributed by atoms with Gasteiger partial charge in [-0.2, -0.15) is 0 Å². The number of hydrogen-bond donors (Lipinski definition) is 1. The van der Waals surface area contributed by atoms with Gasteiger partial charge in [0.2, 0.25) is 0 Å². The summed E-state index contributed by atoms with van der Waals surface area (Å²) in [5, 5.41) is 10.4. The minimum absolute atomic E-state index is 0.0688. The lowest BCUT2D eigenvalue weighted by Crippen LogP contribution is -2.53. The van der Waals surface area contributed by atoms with E-state index in [1.807, 2.05) is 13.8 Å². The van der Waals surface area contributed by atoms with E-state index in [0.29, 0.717) is 11.8 Å². The molecule has 4 nitrogen and oxygen atoms in total. The van der Waals surface area contributed by atoms with Crippen molar-refractivity contribution in [1.82, 2.24) is 0 Å². The van der Waals surface area contributed by atoms with Crippen LogP contribution in [-0.2, 0) is 14.3 Å². The molecule has 6 atom stereocenters. The van der Waals surface area contributed by atoms with Gasteiger partial charge in [-0.1, -0.05) is 75.7 Å².